The van der Waals surface area contributed by atoms with Crippen LogP contribution in [0.1, 0.15) is 84.9 Å². The van der Waals surface area contributed by atoms with Crippen LogP contribution in [0.15, 0.2) is 24.3 Å². The van der Waals surface area contributed by atoms with E-state index in [2.05, 4.69) is 0 Å². The maximum atomic E-state index is 12.7. The summed E-state index contributed by atoms with van der Waals surface area (Å²) in [6, 6.07) is 6.32. The molecule has 1 aromatic rings. The number of amides is 4. The number of nitrogens with zero attached hydrogens (tertiary/aromatic N) is 2. The second-order valence-corrected chi connectivity index (χ2v) is 7.61. The van der Waals surface area contributed by atoms with Crippen molar-refractivity contribution in [2.24, 2.45) is 0 Å². The van der Waals surface area contributed by atoms with Crippen molar-refractivity contribution >= 4 is 23.6 Å². The summed E-state index contributed by atoms with van der Waals surface area (Å²) < 4.78 is 0. The van der Waals surface area contributed by atoms with E-state index < -0.39 is 0 Å². The third-order valence-electron chi connectivity index (χ3n) is 5.52. The lowest BCUT2D eigenvalue weighted by Crippen LogP contribution is -2.39. The lowest BCUT2D eigenvalue weighted by atomic mass is 10.0. The Morgan fingerprint density at radius 2 is 0.929 bits per heavy atom. The maximum Gasteiger partial charge on any atom is 0.260 e. The fourth-order valence-corrected chi connectivity index (χ4v) is 3.82. The van der Waals surface area contributed by atoms with Gasteiger partial charge in [-0.25, -0.2) is 0 Å². The molecule has 1 aromatic carbocycles. The fourth-order valence-electron chi connectivity index (χ4n) is 3.82. The Hall–Kier alpha value is -2.50. The first-order valence-electron chi connectivity index (χ1n) is 10.4. The molecule has 0 aromatic heterocycles. The third kappa shape index (κ3) is 4.86. The van der Waals surface area contributed by atoms with E-state index in [1.165, 1.54) is 9.80 Å². The van der Waals surface area contributed by atoms with Gasteiger partial charge in [0.05, 0.1) is 0 Å². The van der Waals surface area contributed by atoms with Gasteiger partial charge in [0.2, 0.25) is 11.8 Å². The predicted octanol–water partition coefficient (Wildman–Crippen LogP) is 3.55. The average molecular weight is 384 g/mol. The zero-order chi connectivity index (χ0) is 19.9. The molecule has 0 aliphatic carbocycles. The van der Waals surface area contributed by atoms with Crippen molar-refractivity contribution < 1.29 is 19.2 Å². The van der Waals surface area contributed by atoms with Crippen molar-refractivity contribution in [1.29, 1.82) is 0 Å². The van der Waals surface area contributed by atoms with Crippen LogP contribution in [-0.2, 0) is 9.59 Å². The molecular weight excluding hydrogens is 356 g/mol. The van der Waals surface area contributed by atoms with Gasteiger partial charge in [0.25, 0.3) is 11.8 Å². The van der Waals surface area contributed by atoms with Gasteiger partial charge in [-0.15, -0.1) is 0 Å². The molecule has 2 saturated heterocycles. The van der Waals surface area contributed by atoms with E-state index in [-0.39, 0.29) is 23.6 Å². The second kappa shape index (κ2) is 9.62. The Labute approximate surface area is 165 Å². The topological polar surface area (TPSA) is 74.8 Å². The summed E-state index contributed by atoms with van der Waals surface area (Å²) in [6.45, 7) is 0.890. The smallest absolute Gasteiger partial charge is 0.260 e. The van der Waals surface area contributed by atoms with Crippen LogP contribution >= 0.6 is 0 Å². The Bertz CT molecular complexity index is 678. The largest absolute Gasteiger partial charge is 0.279 e. The van der Waals surface area contributed by atoms with E-state index in [0.717, 1.165) is 51.4 Å². The third-order valence-corrected chi connectivity index (χ3v) is 5.52. The number of imide groups is 2. The predicted molar refractivity (Wildman–Crippen MR) is 105 cm³/mol. The number of hydrogen-bond donors (Lipinski definition) is 0. The summed E-state index contributed by atoms with van der Waals surface area (Å²) in [6.07, 6.45) is 8.19. The van der Waals surface area contributed by atoms with Crippen LogP contribution in [0.4, 0.5) is 0 Å². The highest BCUT2D eigenvalue weighted by Crippen LogP contribution is 2.18. The van der Waals surface area contributed by atoms with Crippen LogP contribution in [0.2, 0.25) is 0 Å². The Balaban J connectivity index is 1.71. The molecule has 0 N–H and O–H groups in total. The van der Waals surface area contributed by atoms with E-state index in [9.17, 15) is 19.2 Å². The van der Waals surface area contributed by atoms with Gasteiger partial charge >= 0.3 is 0 Å². The van der Waals surface area contributed by atoms with E-state index in [0.29, 0.717) is 37.1 Å². The van der Waals surface area contributed by atoms with Crippen LogP contribution < -0.4 is 0 Å². The minimum absolute atomic E-state index is 0.129. The van der Waals surface area contributed by atoms with Gasteiger partial charge in [0, 0.05) is 37.1 Å². The summed E-state index contributed by atoms with van der Waals surface area (Å²) in [5, 5.41) is 0. The zero-order valence-corrected chi connectivity index (χ0v) is 16.3. The van der Waals surface area contributed by atoms with Crippen molar-refractivity contribution in [3.05, 3.63) is 35.4 Å². The summed E-state index contributed by atoms with van der Waals surface area (Å²) in [4.78, 5) is 52.7. The second-order valence-electron chi connectivity index (χ2n) is 7.61. The van der Waals surface area contributed by atoms with E-state index in [1.54, 1.807) is 24.3 Å². The van der Waals surface area contributed by atoms with Gasteiger partial charge in [-0.2, -0.15) is 0 Å². The zero-order valence-electron chi connectivity index (χ0n) is 16.3. The molecule has 0 bridgehead atoms. The van der Waals surface area contributed by atoms with Crippen molar-refractivity contribution in [1.82, 2.24) is 9.80 Å². The number of likely N-dealkylation sites (tertiary alicyclic amines) is 2. The van der Waals surface area contributed by atoms with Gasteiger partial charge < -0.3 is 0 Å². The normalized spacial score (nSPS) is 19.4. The van der Waals surface area contributed by atoms with E-state index in [1.807, 2.05) is 0 Å². The quantitative estimate of drug-likeness (QED) is 0.731. The Morgan fingerprint density at radius 3 is 1.32 bits per heavy atom. The first-order valence-corrected chi connectivity index (χ1v) is 10.4. The maximum absolute atomic E-state index is 12.7. The summed E-state index contributed by atoms with van der Waals surface area (Å²) >= 11 is 0. The molecule has 6 heteroatoms. The molecule has 0 atom stereocenters. The molecule has 0 radical (unpaired) electrons. The van der Waals surface area contributed by atoms with Gasteiger partial charge in [0.15, 0.2) is 0 Å². The van der Waals surface area contributed by atoms with Crippen LogP contribution in [0.25, 0.3) is 0 Å². The van der Waals surface area contributed by atoms with Crippen molar-refractivity contribution in [2.75, 3.05) is 13.1 Å². The number of benzene rings is 1. The standard InChI is InChI=1S/C22H28N2O4/c25-19-9-5-1-3-7-15-23(19)21(27)17-11-13-18(14-12-17)22(28)24-16-8-4-2-6-10-20(24)26/h11-14H,1-10,15-16H2. The molecule has 2 heterocycles. The highest BCUT2D eigenvalue weighted by atomic mass is 16.2. The van der Waals surface area contributed by atoms with E-state index in [4.69, 9.17) is 0 Å². The van der Waals surface area contributed by atoms with Gasteiger partial charge in [-0.1, -0.05) is 25.7 Å². The lowest BCUT2D eigenvalue weighted by molar-refractivity contribution is -0.130. The highest BCUT2D eigenvalue weighted by Gasteiger charge is 2.26. The molecule has 3 rings (SSSR count). The monoisotopic (exact) mass is 384 g/mol. The molecule has 150 valence electrons. The van der Waals surface area contributed by atoms with Crippen LogP contribution in [0.3, 0.4) is 0 Å². The highest BCUT2D eigenvalue weighted by molar-refractivity contribution is 6.07. The molecule has 28 heavy (non-hydrogen) atoms. The van der Waals surface area contributed by atoms with Gasteiger partial charge in [-0.05, 0) is 49.9 Å². The molecule has 4 amide bonds. The van der Waals surface area contributed by atoms with Crippen molar-refractivity contribution in [3.8, 4) is 0 Å². The van der Waals surface area contributed by atoms with Crippen LogP contribution in [0.5, 0.6) is 0 Å². The SMILES string of the molecule is O=C1CCCCCCN1C(=O)c1ccc(C(=O)N2CCCCCCC2=O)cc1. The first kappa shape index (κ1) is 20.2. The minimum atomic E-state index is -0.312. The van der Waals surface area contributed by atoms with Crippen LogP contribution in [0, 0.1) is 0 Å². The molecule has 0 spiro atoms. The van der Waals surface area contributed by atoms with Crippen molar-refractivity contribution in [3.63, 3.8) is 0 Å². The Kier molecular flexibility index (Phi) is 6.95. The number of carbonyl (C=O) groups is 4. The minimum Gasteiger partial charge on any atom is -0.279 e. The van der Waals surface area contributed by atoms with Crippen LogP contribution in [-0.4, -0.2) is 46.5 Å². The average Bonchev–Trinajstić information content (AvgIpc) is 2.67. The summed E-state index contributed by atoms with van der Waals surface area (Å²) in [5.74, 6) is -0.881. The van der Waals surface area contributed by atoms with Gasteiger partial charge in [-0.3, -0.25) is 29.0 Å². The number of rotatable bonds is 2. The molecule has 0 unspecified atom stereocenters. The van der Waals surface area contributed by atoms with E-state index >= 15 is 0 Å². The lowest BCUT2D eigenvalue weighted by Gasteiger charge is -2.24. The molecule has 6 nitrogen and oxygen atoms in total. The number of carbonyl (C=O) groups excluding carboxylic acids is 4. The molecular formula is C22H28N2O4. The molecule has 2 fully saturated rings. The number of hydrogen-bond acceptors (Lipinski definition) is 4. The summed E-state index contributed by atoms with van der Waals surface area (Å²) in [5.41, 5.74) is 0.786. The molecule has 2 aliphatic heterocycles. The fraction of sp³-hybridized carbons (Fsp3) is 0.545. The van der Waals surface area contributed by atoms with Crippen molar-refractivity contribution in [2.45, 2.75) is 64.2 Å². The Morgan fingerprint density at radius 1 is 0.571 bits per heavy atom. The van der Waals surface area contributed by atoms with Gasteiger partial charge in [0.1, 0.15) is 0 Å². The molecule has 2 aliphatic rings. The first-order chi connectivity index (χ1) is 13.6. The summed E-state index contributed by atoms with van der Waals surface area (Å²) in [7, 11) is 0. The molecule has 0 saturated carbocycles.